The first-order chi connectivity index (χ1) is 9.08. The number of aliphatic hydroxyl groups is 1. The van der Waals surface area contributed by atoms with E-state index < -0.39 is 0 Å². The lowest BCUT2D eigenvalue weighted by atomic mass is 10.2. The van der Waals surface area contributed by atoms with Gasteiger partial charge in [-0.1, -0.05) is 12.1 Å². The number of likely N-dealkylation sites (N-methyl/N-ethyl adjacent to an activating group) is 1. The molecule has 0 aromatic carbocycles. The predicted molar refractivity (Wildman–Crippen MR) is 71.7 cm³/mol. The second-order valence-electron chi connectivity index (χ2n) is 5.59. The molecule has 2 unspecified atom stereocenters. The van der Waals surface area contributed by atoms with Gasteiger partial charge >= 0.3 is 0 Å². The molecule has 19 heavy (non-hydrogen) atoms. The highest BCUT2D eigenvalue weighted by molar-refractivity contribution is 4.92. The van der Waals surface area contributed by atoms with Gasteiger partial charge in [-0.3, -0.25) is 4.90 Å². The van der Waals surface area contributed by atoms with Crippen molar-refractivity contribution in [2.24, 2.45) is 0 Å². The number of β-amino-alcohol motifs (C(OH)–C–C–N with tert-alkyl or cyclic N) is 1. The van der Waals surface area contributed by atoms with Gasteiger partial charge in [-0.2, -0.15) is 4.98 Å². The third-order valence-electron chi connectivity index (χ3n) is 3.40. The lowest BCUT2D eigenvalue weighted by Crippen LogP contribution is -2.37. The van der Waals surface area contributed by atoms with E-state index in [-0.39, 0.29) is 6.10 Å². The molecule has 1 aliphatic rings. The summed E-state index contributed by atoms with van der Waals surface area (Å²) in [5.74, 6) is 1.43. The average molecular weight is 268 g/mol. The third-order valence-corrected chi connectivity index (χ3v) is 3.40. The first kappa shape index (κ1) is 14.4. The first-order valence-corrected chi connectivity index (χ1v) is 6.96. The normalized spacial score (nSPS) is 24.5. The van der Waals surface area contributed by atoms with Gasteiger partial charge in [-0.05, 0) is 26.9 Å². The van der Waals surface area contributed by atoms with Gasteiger partial charge in [-0.15, -0.1) is 0 Å². The maximum Gasteiger partial charge on any atom is 0.240 e. The van der Waals surface area contributed by atoms with Crippen LogP contribution in [0.3, 0.4) is 0 Å². The standard InChI is InChI=1S/C13H24N4O2/c1-4-5-12-14-13(19-15-12)9-17-8-11(18)6-10(17)7-16(2)3/h10-11,18H,4-9H2,1-3H3. The molecule has 0 aliphatic carbocycles. The van der Waals surface area contributed by atoms with E-state index in [2.05, 4.69) is 41.0 Å². The summed E-state index contributed by atoms with van der Waals surface area (Å²) >= 11 is 0. The second-order valence-corrected chi connectivity index (χ2v) is 5.59. The summed E-state index contributed by atoms with van der Waals surface area (Å²) in [7, 11) is 4.10. The van der Waals surface area contributed by atoms with E-state index >= 15 is 0 Å². The highest BCUT2D eigenvalue weighted by atomic mass is 16.5. The number of hydrogen-bond donors (Lipinski definition) is 1. The Balaban J connectivity index is 1.95. The zero-order valence-electron chi connectivity index (χ0n) is 12.0. The van der Waals surface area contributed by atoms with Crippen LogP contribution in [-0.2, 0) is 13.0 Å². The quantitative estimate of drug-likeness (QED) is 0.811. The molecular weight excluding hydrogens is 244 g/mol. The minimum Gasteiger partial charge on any atom is -0.392 e. The number of hydrogen-bond acceptors (Lipinski definition) is 6. The van der Waals surface area contributed by atoms with Crippen LogP contribution in [0.1, 0.15) is 31.5 Å². The van der Waals surface area contributed by atoms with Crippen LogP contribution >= 0.6 is 0 Å². The van der Waals surface area contributed by atoms with Crippen LogP contribution in [0.4, 0.5) is 0 Å². The molecule has 0 saturated carbocycles. The second kappa shape index (κ2) is 6.45. The fraction of sp³-hybridized carbons (Fsp3) is 0.846. The van der Waals surface area contributed by atoms with E-state index in [0.717, 1.165) is 31.6 Å². The van der Waals surface area contributed by atoms with Crippen LogP contribution in [0.5, 0.6) is 0 Å². The van der Waals surface area contributed by atoms with Crippen molar-refractivity contribution in [1.29, 1.82) is 0 Å². The molecule has 2 atom stereocenters. The molecule has 108 valence electrons. The molecule has 1 saturated heterocycles. The summed E-state index contributed by atoms with van der Waals surface area (Å²) < 4.78 is 5.27. The van der Waals surface area contributed by atoms with Crippen LogP contribution in [0.15, 0.2) is 4.52 Å². The molecule has 1 N–H and O–H groups in total. The van der Waals surface area contributed by atoms with Gasteiger partial charge in [0.25, 0.3) is 0 Å². The molecule has 6 heteroatoms. The molecule has 1 fully saturated rings. The summed E-state index contributed by atoms with van der Waals surface area (Å²) in [5, 5.41) is 13.8. The lowest BCUT2D eigenvalue weighted by Gasteiger charge is -2.25. The number of aliphatic hydroxyl groups excluding tert-OH is 1. The van der Waals surface area contributed by atoms with Crippen molar-refractivity contribution in [2.75, 3.05) is 27.2 Å². The number of likely N-dealkylation sites (tertiary alicyclic amines) is 1. The lowest BCUT2D eigenvalue weighted by molar-refractivity contribution is 0.158. The zero-order chi connectivity index (χ0) is 13.8. The fourth-order valence-corrected chi connectivity index (χ4v) is 2.62. The molecule has 6 nitrogen and oxygen atoms in total. The molecule has 1 aromatic rings. The molecule has 1 aromatic heterocycles. The maximum atomic E-state index is 9.82. The van der Waals surface area contributed by atoms with Crippen molar-refractivity contribution >= 4 is 0 Å². The zero-order valence-corrected chi connectivity index (χ0v) is 12.0. The van der Waals surface area contributed by atoms with Crippen molar-refractivity contribution in [1.82, 2.24) is 19.9 Å². The Morgan fingerprint density at radius 3 is 2.95 bits per heavy atom. The van der Waals surface area contributed by atoms with Gasteiger partial charge in [0, 0.05) is 25.6 Å². The molecule has 1 aliphatic heterocycles. The predicted octanol–water partition coefficient (Wildman–Crippen LogP) is 0.519. The minimum absolute atomic E-state index is 0.247. The SMILES string of the molecule is CCCc1noc(CN2CC(O)CC2CN(C)C)n1. The summed E-state index contributed by atoms with van der Waals surface area (Å²) in [6, 6.07) is 0.353. The van der Waals surface area contributed by atoms with Crippen LogP contribution in [-0.4, -0.2) is 64.4 Å². The smallest absolute Gasteiger partial charge is 0.240 e. The topological polar surface area (TPSA) is 65.6 Å². The van der Waals surface area contributed by atoms with Crippen LogP contribution in [0, 0.1) is 0 Å². The van der Waals surface area contributed by atoms with E-state index in [1.165, 1.54) is 0 Å². The Morgan fingerprint density at radius 1 is 1.47 bits per heavy atom. The third kappa shape index (κ3) is 3.99. The molecule has 0 radical (unpaired) electrons. The maximum absolute atomic E-state index is 9.82. The highest BCUT2D eigenvalue weighted by Crippen LogP contribution is 2.20. The summed E-state index contributed by atoms with van der Waals surface area (Å²) in [6.07, 6.45) is 2.44. The molecule has 2 heterocycles. The van der Waals surface area contributed by atoms with Gasteiger partial charge < -0.3 is 14.5 Å². The first-order valence-electron chi connectivity index (χ1n) is 6.96. The number of rotatable bonds is 6. The minimum atomic E-state index is -0.247. The van der Waals surface area contributed by atoms with Gasteiger partial charge in [0.15, 0.2) is 5.82 Å². The summed E-state index contributed by atoms with van der Waals surface area (Å²) in [4.78, 5) is 8.76. The largest absolute Gasteiger partial charge is 0.392 e. The van der Waals surface area contributed by atoms with Gasteiger partial charge in [-0.25, -0.2) is 0 Å². The fourth-order valence-electron chi connectivity index (χ4n) is 2.62. The Morgan fingerprint density at radius 2 is 2.26 bits per heavy atom. The van der Waals surface area contributed by atoms with Crippen molar-refractivity contribution in [3.8, 4) is 0 Å². The van der Waals surface area contributed by atoms with Crippen molar-refractivity contribution < 1.29 is 9.63 Å². The van der Waals surface area contributed by atoms with E-state index in [0.29, 0.717) is 25.0 Å². The number of aromatic nitrogens is 2. The van der Waals surface area contributed by atoms with Gasteiger partial charge in [0.2, 0.25) is 5.89 Å². The molecule has 0 amide bonds. The summed E-state index contributed by atoms with van der Waals surface area (Å²) in [5.41, 5.74) is 0. The Kier molecular flexibility index (Phi) is 4.90. The van der Waals surface area contributed by atoms with Crippen molar-refractivity contribution in [3.05, 3.63) is 11.7 Å². The number of aryl methyl sites for hydroxylation is 1. The van der Waals surface area contributed by atoms with E-state index in [1.54, 1.807) is 0 Å². The number of nitrogens with zero attached hydrogens (tertiary/aromatic N) is 4. The summed E-state index contributed by atoms with van der Waals surface area (Å²) in [6.45, 7) is 4.35. The van der Waals surface area contributed by atoms with E-state index in [4.69, 9.17) is 4.52 Å². The molecule has 2 rings (SSSR count). The molecular formula is C13H24N4O2. The monoisotopic (exact) mass is 268 g/mol. The van der Waals surface area contributed by atoms with Crippen LogP contribution in [0.25, 0.3) is 0 Å². The van der Waals surface area contributed by atoms with Gasteiger partial charge in [0.1, 0.15) is 0 Å². The Labute approximate surface area is 114 Å². The van der Waals surface area contributed by atoms with E-state index in [1.807, 2.05) is 0 Å². The average Bonchev–Trinajstić information content (AvgIpc) is 2.87. The van der Waals surface area contributed by atoms with Crippen LogP contribution < -0.4 is 0 Å². The highest BCUT2D eigenvalue weighted by Gasteiger charge is 2.32. The van der Waals surface area contributed by atoms with Crippen LogP contribution in [0.2, 0.25) is 0 Å². The molecule has 0 bridgehead atoms. The Hall–Kier alpha value is -0.980. The Bertz CT molecular complexity index is 394. The van der Waals surface area contributed by atoms with E-state index in [9.17, 15) is 5.11 Å². The van der Waals surface area contributed by atoms with Crippen molar-refractivity contribution in [3.63, 3.8) is 0 Å². The van der Waals surface area contributed by atoms with Crippen molar-refractivity contribution in [2.45, 2.75) is 44.9 Å². The molecule has 0 spiro atoms. The van der Waals surface area contributed by atoms with Gasteiger partial charge in [0.05, 0.1) is 12.6 Å².